The lowest BCUT2D eigenvalue weighted by Gasteiger charge is -2.32. The minimum atomic E-state index is -4.22. The van der Waals surface area contributed by atoms with Crippen LogP contribution in [0.15, 0.2) is 77.7 Å². The van der Waals surface area contributed by atoms with Gasteiger partial charge in [-0.3, -0.25) is 13.9 Å². The van der Waals surface area contributed by atoms with Crippen molar-refractivity contribution in [2.75, 3.05) is 24.0 Å². The predicted octanol–water partition coefficient (Wildman–Crippen LogP) is 5.53. The number of halogens is 2. The molecule has 0 aliphatic rings. The molecule has 214 valence electrons. The zero-order chi connectivity index (χ0) is 29.3. The smallest absolute Gasteiger partial charge is 0.264 e. The largest absolute Gasteiger partial charge is 0.492 e. The number of carbonyl (C=O) groups is 2. The fraction of sp³-hybridized carbons (Fsp3) is 0.310. The Hall–Kier alpha value is -3.27. The Labute approximate surface area is 245 Å². The number of amides is 2. The normalized spacial score (nSPS) is 11.9. The number of carbonyl (C=O) groups excluding carboxylic acids is 2. The molecule has 11 heteroatoms. The number of nitrogens with one attached hydrogen (secondary N) is 1. The molecule has 8 nitrogen and oxygen atoms in total. The lowest BCUT2D eigenvalue weighted by Crippen LogP contribution is -2.51. The summed E-state index contributed by atoms with van der Waals surface area (Å²) in [7, 11) is -4.22. The summed E-state index contributed by atoms with van der Waals surface area (Å²) in [4.78, 5) is 28.3. The quantitative estimate of drug-likeness (QED) is 0.276. The number of hydrogen-bond acceptors (Lipinski definition) is 5. The number of sulfonamides is 1. The monoisotopic (exact) mass is 605 g/mol. The van der Waals surface area contributed by atoms with Crippen LogP contribution in [-0.2, 0) is 26.2 Å². The van der Waals surface area contributed by atoms with Crippen molar-refractivity contribution in [3.05, 3.63) is 88.4 Å². The predicted molar refractivity (Wildman–Crippen MR) is 158 cm³/mol. The maximum absolute atomic E-state index is 14.0. The Morgan fingerprint density at radius 1 is 0.925 bits per heavy atom. The van der Waals surface area contributed by atoms with Crippen molar-refractivity contribution in [1.29, 1.82) is 0 Å². The first-order valence-corrected chi connectivity index (χ1v) is 15.1. The van der Waals surface area contributed by atoms with E-state index < -0.39 is 28.5 Å². The molecule has 3 aromatic carbocycles. The second-order valence-corrected chi connectivity index (χ2v) is 11.6. The summed E-state index contributed by atoms with van der Waals surface area (Å²) in [5.74, 6) is -0.710. The van der Waals surface area contributed by atoms with E-state index in [-0.39, 0.29) is 29.6 Å². The molecular formula is C29H33Cl2N3O5S. The molecule has 2 amide bonds. The highest BCUT2D eigenvalue weighted by molar-refractivity contribution is 7.92. The molecule has 3 aromatic rings. The zero-order valence-corrected chi connectivity index (χ0v) is 25.0. The Balaban J connectivity index is 2.09. The molecule has 1 atom stereocenters. The first kappa shape index (κ1) is 31.3. The van der Waals surface area contributed by atoms with Crippen LogP contribution >= 0.6 is 23.2 Å². The second kappa shape index (κ2) is 14.4. The molecule has 0 radical (unpaired) electrons. The highest BCUT2D eigenvalue weighted by Crippen LogP contribution is 2.33. The van der Waals surface area contributed by atoms with E-state index in [1.165, 1.54) is 17.0 Å². The Morgan fingerprint density at radius 3 is 2.17 bits per heavy atom. The summed E-state index contributed by atoms with van der Waals surface area (Å²) in [6.07, 6.45) is 0.708. The molecule has 0 bridgehead atoms. The van der Waals surface area contributed by atoms with Crippen molar-refractivity contribution in [1.82, 2.24) is 10.2 Å². The van der Waals surface area contributed by atoms with Crippen LogP contribution in [0, 0.1) is 0 Å². The van der Waals surface area contributed by atoms with E-state index in [9.17, 15) is 18.0 Å². The molecule has 0 aromatic heterocycles. The number of anilines is 1. The van der Waals surface area contributed by atoms with Gasteiger partial charge >= 0.3 is 0 Å². The molecule has 0 heterocycles. The molecule has 40 heavy (non-hydrogen) atoms. The second-order valence-electron chi connectivity index (χ2n) is 8.91. The minimum Gasteiger partial charge on any atom is -0.492 e. The van der Waals surface area contributed by atoms with Crippen LogP contribution in [0.4, 0.5) is 5.69 Å². The number of hydrogen-bond donors (Lipinski definition) is 1. The summed E-state index contributed by atoms with van der Waals surface area (Å²) >= 11 is 12.8. The van der Waals surface area contributed by atoms with Gasteiger partial charge in [0.1, 0.15) is 18.3 Å². The molecule has 0 aliphatic carbocycles. The molecular weight excluding hydrogens is 573 g/mol. The molecule has 0 unspecified atom stereocenters. The van der Waals surface area contributed by atoms with Gasteiger partial charge in [-0.05, 0) is 56.7 Å². The van der Waals surface area contributed by atoms with Gasteiger partial charge in [-0.1, -0.05) is 66.5 Å². The Morgan fingerprint density at radius 2 is 1.55 bits per heavy atom. The topological polar surface area (TPSA) is 96.0 Å². The van der Waals surface area contributed by atoms with Crippen molar-refractivity contribution in [3.63, 3.8) is 0 Å². The highest BCUT2D eigenvalue weighted by Gasteiger charge is 2.34. The molecule has 1 N–H and O–H groups in total. The van der Waals surface area contributed by atoms with Gasteiger partial charge in [-0.15, -0.1) is 0 Å². The van der Waals surface area contributed by atoms with Crippen LogP contribution in [0.5, 0.6) is 5.75 Å². The summed E-state index contributed by atoms with van der Waals surface area (Å²) in [5, 5.41) is 3.44. The molecule has 0 spiro atoms. The fourth-order valence-electron chi connectivity index (χ4n) is 4.01. The van der Waals surface area contributed by atoms with Gasteiger partial charge in [0.25, 0.3) is 10.0 Å². The molecule has 0 saturated carbocycles. The molecule has 0 aliphatic heterocycles. The standard InChI is InChI=1S/C29H33Cl2N3O5S/c1-4-18-32-29(36)21(3)33(19-23-24(30)14-11-15-25(23)31)28(35)20-34(26-16-9-10-17-27(26)39-5-2)40(37,38)22-12-7-6-8-13-22/h6-17,21H,4-5,18-20H2,1-3H3,(H,32,36)/t21-/m0/s1. The van der Waals surface area contributed by atoms with E-state index in [1.54, 1.807) is 74.5 Å². The maximum atomic E-state index is 14.0. The van der Waals surface area contributed by atoms with E-state index in [0.717, 1.165) is 4.31 Å². The fourth-order valence-corrected chi connectivity index (χ4v) is 5.97. The Bertz CT molecular complexity index is 1400. The molecule has 0 saturated heterocycles. The van der Waals surface area contributed by atoms with Gasteiger partial charge in [-0.25, -0.2) is 8.42 Å². The summed E-state index contributed by atoms with van der Waals surface area (Å²) in [6.45, 7) is 5.28. The van der Waals surface area contributed by atoms with E-state index >= 15 is 0 Å². The molecule has 3 rings (SSSR count). The van der Waals surface area contributed by atoms with Gasteiger partial charge in [0.15, 0.2) is 0 Å². The zero-order valence-electron chi connectivity index (χ0n) is 22.6. The minimum absolute atomic E-state index is 0.00328. The van der Waals surface area contributed by atoms with Gasteiger partial charge in [-0.2, -0.15) is 0 Å². The third-order valence-electron chi connectivity index (χ3n) is 6.15. The van der Waals surface area contributed by atoms with Crippen LogP contribution in [-0.4, -0.2) is 50.9 Å². The first-order chi connectivity index (χ1) is 19.1. The lowest BCUT2D eigenvalue weighted by molar-refractivity contribution is -0.139. The van der Waals surface area contributed by atoms with Crippen LogP contribution < -0.4 is 14.4 Å². The maximum Gasteiger partial charge on any atom is 0.264 e. The van der Waals surface area contributed by atoms with Crippen molar-refractivity contribution in [2.24, 2.45) is 0 Å². The van der Waals surface area contributed by atoms with Crippen LogP contribution in [0.25, 0.3) is 0 Å². The highest BCUT2D eigenvalue weighted by atomic mass is 35.5. The van der Waals surface area contributed by atoms with E-state index in [4.69, 9.17) is 27.9 Å². The number of rotatable bonds is 13. The van der Waals surface area contributed by atoms with E-state index in [0.29, 0.717) is 34.3 Å². The van der Waals surface area contributed by atoms with Crippen molar-refractivity contribution < 1.29 is 22.7 Å². The first-order valence-electron chi connectivity index (χ1n) is 12.9. The number of benzene rings is 3. The van der Waals surface area contributed by atoms with E-state index in [1.807, 2.05) is 6.92 Å². The average molecular weight is 607 g/mol. The third kappa shape index (κ3) is 7.47. The Kier molecular flexibility index (Phi) is 11.2. The van der Waals surface area contributed by atoms with Gasteiger partial charge in [0.2, 0.25) is 11.8 Å². The summed E-state index contributed by atoms with van der Waals surface area (Å²) in [6, 6.07) is 18.4. The summed E-state index contributed by atoms with van der Waals surface area (Å²) < 4.78 is 34.6. The van der Waals surface area contributed by atoms with Crippen LogP contribution in [0.1, 0.15) is 32.8 Å². The third-order valence-corrected chi connectivity index (χ3v) is 8.63. The lowest BCUT2D eigenvalue weighted by atomic mass is 10.1. The number of nitrogens with zero attached hydrogens (tertiary/aromatic N) is 2. The average Bonchev–Trinajstić information content (AvgIpc) is 2.95. The molecule has 0 fully saturated rings. The van der Waals surface area contributed by atoms with Gasteiger partial charge < -0.3 is 15.0 Å². The number of ether oxygens (including phenoxy) is 1. The van der Waals surface area contributed by atoms with Gasteiger partial charge in [0, 0.05) is 28.7 Å². The van der Waals surface area contributed by atoms with Crippen molar-refractivity contribution in [3.8, 4) is 5.75 Å². The van der Waals surface area contributed by atoms with Crippen LogP contribution in [0.3, 0.4) is 0 Å². The number of para-hydroxylation sites is 2. The summed E-state index contributed by atoms with van der Waals surface area (Å²) in [5.41, 5.74) is 0.641. The van der Waals surface area contributed by atoms with Gasteiger partial charge in [0.05, 0.1) is 17.2 Å². The van der Waals surface area contributed by atoms with Crippen molar-refractivity contribution >= 4 is 50.7 Å². The van der Waals surface area contributed by atoms with Crippen LogP contribution in [0.2, 0.25) is 10.0 Å². The van der Waals surface area contributed by atoms with E-state index in [2.05, 4.69) is 5.32 Å². The SMILES string of the molecule is CCCNC(=O)[C@H](C)N(Cc1c(Cl)cccc1Cl)C(=O)CN(c1ccccc1OCC)S(=O)(=O)c1ccccc1. The van der Waals surface area contributed by atoms with Crippen molar-refractivity contribution in [2.45, 2.75) is 44.7 Å².